The van der Waals surface area contributed by atoms with E-state index in [0.29, 0.717) is 28.6 Å². The van der Waals surface area contributed by atoms with Crippen LogP contribution in [-0.2, 0) is 11.3 Å². The van der Waals surface area contributed by atoms with Gasteiger partial charge in [-0.3, -0.25) is 9.59 Å². The maximum absolute atomic E-state index is 13.0. The Morgan fingerprint density at radius 2 is 1.79 bits per heavy atom. The lowest BCUT2D eigenvalue weighted by atomic mass is 10.1. The molecule has 0 spiro atoms. The van der Waals surface area contributed by atoms with Gasteiger partial charge in [0.25, 0.3) is 5.91 Å². The molecule has 2 N–H and O–H groups in total. The minimum Gasteiger partial charge on any atom is -0.454 e. The van der Waals surface area contributed by atoms with Crippen LogP contribution in [0.15, 0.2) is 66.7 Å². The lowest BCUT2D eigenvalue weighted by molar-refractivity contribution is -0.116. The number of carbonyl (C=O) groups is 2. The van der Waals surface area contributed by atoms with Crippen molar-refractivity contribution < 1.29 is 19.1 Å². The van der Waals surface area contributed by atoms with Crippen LogP contribution in [0.3, 0.4) is 0 Å². The normalized spacial score (nSPS) is 13.0. The second-order valence-electron chi connectivity index (χ2n) is 8.22. The van der Waals surface area contributed by atoms with Gasteiger partial charge in [0.05, 0.1) is 17.1 Å². The molecule has 172 valence electrons. The van der Waals surface area contributed by atoms with E-state index in [0.717, 1.165) is 16.6 Å². The Labute approximate surface area is 196 Å². The Morgan fingerprint density at radius 3 is 2.62 bits per heavy atom. The summed E-state index contributed by atoms with van der Waals surface area (Å²) in [6.45, 7) is 4.04. The molecular weight excluding hydrogens is 432 g/mol. The number of rotatable bonds is 6. The summed E-state index contributed by atoms with van der Waals surface area (Å²) in [6.07, 6.45) is 0. The van der Waals surface area contributed by atoms with E-state index in [1.807, 2.05) is 54.8 Å². The summed E-state index contributed by atoms with van der Waals surface area (Å²) in [5.74, 6) is 1.43. The van der Waals surface area contributed by atoms with Crippen LogP contribution < -0.4 is 20.1 Å². The number of carbonyl (C=O) groups excluding carboxylic acids is 2. The number of anilines is 1. The number of hydrogen-bond acceptors (Lipinski definition) is 5. The summed E-state index contributed by atoms with van der Waals surface area (Å²) < 4.78 is 12.5. The molecule has 0 saturated carbocycles. The van der Waals surface area contributed by atoms with Crippen LogP contribution in [0, 0.1) is 6.92 Å². The van der Waals surface area contributed by atoms with Crippen molar-refractivity contribution in [3.63, 3.8) is 0 Å². The molecule has 0 saturated heterocycles. The molecular formula is C26H24N4O4. The Balaban J connectivity index is 1.37. The highest BCUT2D eigenvalue weighted by Gasteiger charge is 2.21. The van der Waals surface area contributed by atoms with Gasteiger partial charge >= 0.3 is 0 Å². The SMILES string of the molecule is Cc1ccc(C(=O)NC(C)c2nc3ccccc3n2CC(=O)Nc2ccc3c(c2)OCO3)cc1. The number of benzene rings is 3. The molecule has 4 aromatic rings. The average molecular weight is 457 g/mol. The molecule has 0 radical (unpaired) electrons. The van der Waals surface area contributed by atoms with Crippen molar-refractivity contribution >= 4 is 28.5 Å². The molecule has 1 unspecified atom stereocenters. The number of nitrogens with zero attached hydrogens (tertiary/aromatic N) is 2. The monoisotopic (exact) mass is 456 g/mol. The number of para-hydroxylation sites is 2. The van der Waals surface area contributed by atoms with Gasteiger partial charge in [-0.25, -0.2) is 4.98 Å². The predicted molar refractivity (Wildman–Crippen MR) is 128 cm³/mol. The number of aromatic nitrogens is 2. The van der Waals surface area contributed by atoms with Crippen LogP contribution >= 0.6 is 0 Å². The third-order valence-electron chi connectivity index (χ3n) is 5.69. The highest BCUT2D eigenvalue weighted by Crippen LogP contribution is 2.34. The first-order valence-corrected chi connectivity index (χ1v) is 11.0. The number of imidazole rings is 1. The Hall–Kier alpha value is -4.33. The van der Waals surface area contributed by atoms with Crippen LogP contribution in [0.5, 0.6) is 11.5 Å². The molecule has 1 aromatic heterocycles. The van der Waals surface area contributed by atoms with Gasteiger partial charge in [0, 0.05) is 17.3 Å². The number of ether oxygens (including phenoxy) is 2. The summed E-state index contributed by atoms with van der Waals surface area (Å²) in [4.78, 5) is 30.4. The molecule has 0 bridgehead atoms. The molecule has 34 heavy (non-hydrogen) atoms. The van der Waals surface area contributed by atoms with E-state index >= 15 is 0 Å². The van der Waals surface area contributed by atoms with Crippen LogP contribution in [0.4, 0.5) is 5.69 Å². The van der Waals surface area contributed by atoms with Gasteiger partial charge in [0.1, 0.15) is 12.4 Å². The van der Waals surface area contributed by atoms with Gasteiger partial charge in [-0.15, -0.1) is 0 Å². The molecule has 1 aliphatic rings. The van der Waals surface area contributed by atoms with E-state index in [2.05, 4.69) is 10.6 Å². The largest absolute Gasteiger partial charge is 0.454 e. The highest BCUT2D eigenvalue weighted by molar-refractivity contribution is 5.95. The van der Waals surface area contributed by atoms with Gasteiger partial charge < -0.3 is 24.7 Å². The topological polar surface area (TPSA) is 94.5 Å². The van der Waals surface area contributed by atoms with Crippen LogP contribution in [-0.4, -0.2) is 28.2 Å². The lowest BCUT2D eigenvalue weighted by Gasteiger charge is -2.16. The van der Waals surface area contributed by atoms with Crippen molar-refractivity contribution in [3.8, 4) is 11.5 Å². The van der Waals surface area contributed by atoms with E-state index in [4.69, 9.17) is 14.5 Å². The first-order valence-electron chi connectivity index (χ1n) is 11.0. The van der Waals surface area contributed by atoms with E-state index in [-0.39, 0.29) is 25.2 Å². The third kappa shape index (κ3) is 4.30. The second-order valence-corrected chi connectivity index (χ2v) is 8.22. The molecule has 0 fully saturated rings. The fourth-order valence-corrected chi connectivity index (χ4v) is 3.96. The molecule has 0 aliphatic carbocycles. The summed E-state index contributed by atoms with van der Waals surface area (Å²) in [5, 5.41) is 5.90. The zero-order valence-electron chi connectivity index (χ0n) is 18.9. The number of nitrogens with one attached hydrogen (secondary N) is 2. The fourth-order valence-electron chi connectivity index (χ4n) is 3.96. The molecule has 8 nitrogen and oxygen atoms in total. The Morgan fingerprint density at radius 1 is 1.03 bits per heavy atom. The molecule has 8 heteroatoms. The number of amides is 2. The first kappa shape index (κ1) is 21.5. The standard InChI is InChI=1S/C26H24N4O4/c1-16-7-9-18(10-8-16)26(32)27-17(2)25-29-20-5-3-4-6-21(20)30(25)14-24(31)28-19-11-12-22-23(13-19)34-15-33-22/h3-13,17H,14-15H2,1-2H3,(H,27,32)(H,28,31). The molecule has 5 rings (SSSR count). The summed E-state index contributed by atoms with van der Waals surface area (Å²) in [5.41, 5.74) is 3.83. The van der Waals surface area contributed by atoms with E-state index in [1.54, 1.807) is 30.3 Å². The zero-order chi connectivity index (χ0) is 23.7. The van der Waals surface area contributed by atoms with Crippen molar-refractivity contribution in [2.45, 2.75) is 26.4 Å². The van der Waals surface area contributed by atoms with E-state index in [9.17, 15) is 9.59 Å². The fraction of sp³-hybridized carbons (Fsp3) is 0.192. The van der Waals surface area contributed by atoms with Crippen molar-refractivity contribution in [2.24, 2.45) is 0 Å². The minimum atomic E-state index is -0.417. The first-order chi connectivity index (χ1) is 16.5. The minimum absolute atomic E-state index is 0.0367. The van der Waals surface area contributed by atoms with Crippen molar-refractivity contribution in [3.05, 3.63) is 83.7 Å². The van der Waals surface area contributed by atoms with Gasteiger partial charge in [-0.2, -0.15) is 0 Å². The molecule has 3 aromatic carbocycles. The molecule has 2 amide bonds. The maximum Gasteiger partial charge on any atom is 0.251 e. The maximum atomic E-state index is 13.0. The van der Waals surface area contributed by atoms with Gasteiger partial charge in [0.15, 0.2) is 11.5 Å². The molecule has 1 atom stereocenters. The molecule has 1 aliphatic heterocycles. The Bertz CT molecular complexity index is 1380. The van der Waals surface area contributed by atoms with Gasteiger partial charge in [-0.1, -0.05) is 29.8 Å². The van der Waals surface area contributed by atoms with Crippen LogP contribution in [0.1, 0.15) is 34.7 Å². The third-order valence-corrected chi connectivity index (χ3v) is 5.69. The number of fused-ring (bicyclic) bond motifs is 2. The molecule has 2 heterocycles. The summed E-state index contributed by atoms with van der Waals surface area (Å²) in [7, 11) is 0. The number of hydrogen-bond donors (Lipinski definition) is 2. The van der Waals surface area contributed by atoms with E-state index in [1.165, 1.54) is 0 Å². The lowest BCUT2D eigenvalue weighted by Crippen LogP contribution is -2.30. The van der Waals surface area contributed by atoms with Crippen LogP contribution in [0.25, 0.3) is 11.0 Å². The zero-order valence-corrected chi connectivity index (χ0v) is 18.9. The van der Waals surface area contributed by atoms with Crippen molar-refractivity contribution in [2.75, 3.05) is 12.1 Å². The van der Waals surface area contributed by atoms with Gasteiger partial charge in [-0.05, 0) is 50.2 Å². The van der Waals surface area contributed by atoms with Gasteiger partial charge in [0.2, 0.25) is 12.7 Å². The average Bonchev–Trinajstić information content (AvgIpc) is 3.44. The van der Waals surface area contributed by atoms with Crippen molar-refractivity contribution in [1.29, 1.82) is 0 Å². The highest BCUT2D eigenvalue weighted by atomic mass is 16.7. The summed E-state index contributed by atoms with van der Waals surface area (Å²) in [6, 6.07) is 19.8. The summed E-state index contributed by atoms with van der Waals surface area (Å²) >= 11 is 0. The van der Waals surface area contributed by atoms with Crippen molar-refractivity contribution in [1.82, 2.24) is 14.9 Å². The smallest absolute Gasteiger partial charge is 0.251 e. The van der Waals surface area contributed by atoms with Crippen LogP contribution in [0.2, 0.25) is 0 Å². The second kappa shape index (κ2) is 8.90. The Kier molecular flexibility index (Phi) is 5.63. The quantitative estimate of drug-likeness (QED) is 0.453. The predicted octanol–water partition coefficient (Wildman–Crippen LogP) is 4.20. The van der Waals surface area contributed by atoms with E-state index < -0.39 is 6.04 Å². The number of aryl methyl sites for hydroxylation is 1.